The highest BCUT2D eigenvalue weighted by Crippen LogP contribution is 2.35. The van der Waals surface area contributed by atoms with E-state index in [1.165, 1.54) is 6.07 Å². The van der Waals surface area contributed by atoms with Gasteiger partial charge in [-0.15, -0.1) is 0 Å². The van der Waals surface area contributed by atoms with Crippen molar-refractivity contribution in [3.63, 3.8) is 0 Å². The van der Waals surface area contributed by atoms with Crippen LogP contribution in [-0.4, -0.2) is 15.6 Å². The lowest BCUT2D eigenvalue weighted by Crippen LogP contribution is -2.18. The molecule has 4 nitrogen and oxygen atoms in total. The molecule has 0 spiro atoms. The Morgan fingerprint density at radius 1 is 1.28 bits per heavy atom. The van der Waals surface area contributed by atoms with Crippen molar-refractivity contribution in [2.45, 2.75) is 39.5 Å². The minimum atomic E-state index is -4.40. The van der Waals surface area contributed by atoms with E-state index in [2.05, 4.69) is 0 Å². The van der Waals surface area contributed by atoms with Gasteiger partial charge in [0.05, 0.1) is 5.30 Å². The normalized spacial score (nSPS) is 11.6. The van der Waals surface area contributed by atoms with E-state index in [1.54, 1.807) is 19.1 Å². The van der Waals surface area contributed by atoms with E-state index in [4.69, 9.17) is 0 Å². The van der Waals surface area contributed by atoms with Crippen molar-refractivity contribution in [1.29, 1.82) is 0 Å². The van der Waals surface area contributed by atoms with Crippen LogP contribution >= 0.6 is 7.60 Å². The third kappa shape index (κ3) is 3.77. The molecule has 0 heterocycles. The molecule has 0 bridgehead atoms. The van der Waals surface area contributed by atoms with Gasteiger partial charge in [0.2, 0.25) is 0 Å². The monoisotopic (exact) mass is 270 g/mol. The molecule has 0 aliphatic heterocycles. The van der Waals surface area contributed by atoms with E-state index >= 15 is 0 Å². The van der Waals surface area contributed by atoms with Gasteiger partial charge >= 0.3 is 7.60 Å². The number of hydrogen-bond acceptors (Lipinski definition) is 2. The molecule has 5 heteroatoms. The molecule has 0 saturated heterocycles. The molecule has 100 valence electrons. The van der Waals surface area contributed by atoms with Gasteiger partial charge in [-0.05, 0) is 25.0 Å². The van der Waals surface area contributed by atoms with Crippen LogP contribution in [0.25, 0.3) is 0 Å². The van der Waals surface area contributed by atoms with Gasteiger partial charge in [0, 0.05) is 12.0 Å². The Morgan fingerprint density at radius 2 is 1.94 bits per heavy atom. The summed E-state index contributed by atoms with van der Waals surface area (Å²) in [6.45, 7) is 3.74. The molecule has 0 fully saturated rings. The topological polar surface area (TPSA) is 74.6 Å². The number of ketones is 1. The average Bonchev–Trinajstić information content (AvgIpc) is 2.27. The zero-order valence-electron chi connectivity index (χ0n) is 10.7. The molecular formula is C13H19O4P. The van der Waals surface area contributed by atoms with Crippen molar-refractivity contribution in [3.8, 4) is 0 Å². The predicted octanol–water partition coefficient (Wildman–Crippen LogP) is 2.56. The second kappa shape index (κ2) is 6.28. The fraction of sp³-hybridized carbons (Fsp3) is 0.462. The van der Waals surface area contributed by atoms with Crippen LogP contribution in [0.2, 0.25) is 0 Å². The van der Waals surface area contributed by atoms with Gasteiger partial charge in [-0.3, -0.25) is 9.36 Å². The average molecular weight is 270 g/mol. The molecule has 0 unspecified atom stereocenters. The SMILES string of the molecule is CCCCCC(=O)c1c(C)cccc1P(=O)(O)O. The fourth-order valence-electron chi connectivity index (χ4n) is 1.92. The first-order valence-electron chi connectivity index (χ1n) is 6.06. The van der Waals surface area contributed by atoms with Crippen molar-refractivity contribution in [2.75, 3.05) is 0 Å². The van der Waals surface area contributed by atoms with Gasteiger partial charge in [0.25, 0.3) is 0 Å². The lowest BCUT2D eigenvalue weighted by atomic mass is 10.0. The summed E-state index contributed by atoms with van der Waals surface area (Å²) in [5, 5.41) is -0.149. The fourth-order valence-corrected chi connectivity index (χ4v) is 2.79. The Bertz CT molecular complexity index is 476. The van der Waals surface area contributed by atoms with Crippen LogP contribution in [0.1, 0.15) is 48.5 Å². The second-order valence-corrected chi connectivity index (χ2v) is 5.96. The van der Waals surface area contributed by atoms with E-state index in [0.29, 0.717) is 12.0 Å². The summed E-state index contributed by atoms with van der Waals surface area (Å²) in [5.41, 5.74) is 0.819. The maximum atomic E-state index is 12.1. The number of carbonyl (C=O) groups is 1. The maximum Gasteiger partial charge on any atom is 0.356 e. The third-order valence-electron chi connectivity index (χ3n) is 2.85. The predicted molar refractivity (Wildman–Crippen MR) is 71.3 cm³/mol. The maximum absolute atomic E-state index is 12.1. The molecule has 0 amide bonds. The highest BCUT2D eigenvalue weighted by molar-refractivity contribution is 7.60. The van der Waals surface area contributed by atoms with E-state index in [9.17, 15) is 19.1 Å². The number of benzene rings is 1. The lowest BCUT2D eigenvalue weighted by molar-refractivity contribution is 0.0979. The molecule has 0 radical (unpaired) electrons. The zero-order chi connectivity index (χ0) is 13.8. The first-order chi connectivity index (χ1) is 8.38. The van der Waals surface area contributed by atoms with E-state index < -0.39 is 7.60 Å². The highest BCUT2D eigenvalue weighted by Gasteiger charge is 2.25. The van der Waals surface area contributed by atoms with Gasteiger partial charge in [-0.2, -0.15) is 0 Å². The number of carbonyl (C=O) groups excluding carboxylic acids is 1. The van der Waals surface area contributed by atoms with Crippen LogP contribution in [-0.2, 0) is 4.57 Å². The molecule has 18 heavy (non-hydrogen) atoms. The van der Waals surface area contributed by atoms with Gasteiger partial charge < -0.3 is 9.79 Å². The van der Waals surface area contributed by atoms with Crippen molar-refractivity contribution in [3.05, 3.63) is 29.3 Å². The van der Waals surface area contributed by atoms with E-state index in [-0.39, 0.29) is 16.7 Å². The molecule has 0 aliphatic rings. The van der Waals surface area contributed by atoms with Crippen molar-refractivity contribution in [2.24, 2.45) is 0 Å². The molecule has 0 aliphatic carbocycles. The number of hydrogen-bond donors (Lipinski definition) is 2. The molecule has 0 saturated carbocycles. The Kier molecular flexibility index (Phi) is 5.27. The molecule has 0 aromatic heterocycles. The molecule has 2 N–H and O–H groups in total. The first kappa shape index (κ1) is 15.1. The largest absolute Gasteiger partial charge is 0.356 e. The molecule has 1 aromatic carbocycles. The summed E-state index contributed by atoms with van der Waals surface area (Å²) in [6, 6.07) is 4.60. The van der Waals surface area contributed by atoms with Gasteiger partial charge in [-0.25, -0.2) is 0 Å². The smallest absolute Gasteiger partial charge is 0.321 e. The summed E-state index contributed by atoms with van der Waals surface area (Å²) in [5.74, 6) is -0.181. The molecule has 1 aromatic rings. The van der Waals surface area contributed by atoms with Crippen LogP contribution in [0.4, 0.5) is 0 Å². The van der Waals surface area contributed by atoms with Crippen LogP contribution < -0.4 is 5.30 Å². The number of Topliss-reactive ketones (excluding diaryl/α,β-unsaturated/α-hetero) is 1. The Hall–Kier alpha value is -0.960. The van der Waals surface area contributed by atoms with Crippen molar-refractivity contribution >= 4 is 18.7 Å². The summed E-state index contributed by atoms with van der Waals surface area (Å²) in [7, 11) is -4.40. The van der Waals surface area contributed by atoms with Crippen LogP contribution in [0, 0.1) is 6.92 Å². The van der Waals surface area contributed by atoms with Crippen LogP contribution in [0.3, 0.4) is 0 Å². The standard InChI is InChI=1S/C13H19O4P/c1-3-4-5-8-11(14)13-10(2)7-6-9-12(13)18(15,16)17/h6-7,9H,3-5,8H2,1-2H3,(H2,15,16,17). The molecule has 0 atom stereocenters. The minimum absolute atomic E-state index is 0.149. The van der Waals surface area contributed by atoms with Crippen LogP contribution in [0.15, 0.2) is 18.2 Å². The molecule has 1 rings (SSSR count). The van der Waals surface area contributed by atoms with Gasteiger partial charge in [-0.1, -0.05) is 31.9 Å². The summed E-state index contributed by atoms with van der Waals surface area (Å²) >= 11 is 0. The Balaban J connectivity index is 3.07. The minimum Gasteiger partial charge on any atom is -0.321 e. The third-order valence-corrected chi connectivity index (χ3v) is 3.85. The van der Waals surface area contributed by atoms with Crippen LogP contribution in [0.5, 0.6) is 0 Å². The van der Waals surface area contributed by atoms with Gasteiger partial charge in [0.15, 0.2) is 5.78 Å². The Morgan fingerprint density at radius 3 is 2.50 bits per heavy atom. The summed E-state index contributed by atoms with van der Waals surface area (Å²) < 4.78 is 11.4. The number of aryl methyl sites for hydroxylation is 1. The zero-order valence-corrected chi connectivity index (χ0v) is 11.6. The highest BCUT2D eigenvalue weighted by atomic mass is 31.2. The van der Waals surface area contributed by atoms with E-state index in [0.717, 1.165) is 19.3 Å². The Labute approximate surface area is 107 Å². The quantitative estimate of drug-likeness (QED) is 0.473. The van der Waals surface area contributed by atoms with Crippen molar-refractivity contribution in [1.82, 2.24) is 0 Å². The summed E-state index contributed by atoms with van der Waals surface area (Å²) in [4.78, 5) is 30.6. The molecular weight excluding hydrogens is 251 g/mol. The number of unbranched alkanes of at least 4 members (excludes halogenated alkanes) is 2. The lowest BCUT2D eigenvalue weighted by Gasteiger charge is -2.12. The van der Waals surface area contributed by atoms with Gasteiger partial charge in [0.1, 0.15) is 0 Å². The first-order valence-corrected chi connectivity index (χ1v) is 7.68. The summed E-state index contributed by atoms with van der Waals surface area (Å²) in [6.07, 6.45) is 3.05. The van der Waals surface area contributed by atoms with E-state index in [1.807, 2.05) is 6.92 Å². The second-order valence-electron chi connectivity index (χ2n) is 4.39. The number of rotatable bonds is 6. The van der Waals surface area contributed by atoms with Crippen molar-refractivity contribution < 1.29 is 19.1 Å².